The van der Waals surface area contributed by atoms with E-state index in [0.29, 0.717) is 0 Å². The Labute approximate surface area is 112 Å². The van der Waals surface area contributed by atoms with Gasteiger partial charge in [-0.1, -0.05) is 27.2 Å². The Bertz CT molecular complexity index is 338. The predicted octanol–water partition coefficient (Wildman–Crippen LogP) is 3.38. The molecular weight excluding hydrogens is 222 g/mol. The van der Waals surface area contributed by atoms with Crippen molar-refractivity contribution in [2.24, 2.45) is 5.92 Å². The summed E-state index contributed by atoms with van der Waals surface area (Å²) in [5.41, 5.74) is 2.32. The molecule has 0 amide bonds. The average Bonchev–Trinajstić information content (AvgIpc) is 2.36. The van der Waals surface area contributed by atoms with Gasteiger partial charge in [-0.05, 0) is 31.5 Å². The molecule has 1 heterocycles. The van der Waals surface area contributed by atoms with Crippen molar-refractivity contribution in [1.29, 1.82) is 0 Å². The standard InChI is InChI=1S/C15H27N3/c1-5-8-16-14-7-9-17-15(10-14)12-18(4)11-13(3)6-2/h7,9-10,13H,5-6,8,11-12H2,1-4H3,(H,16,17). The van der Waals surface area contributed by atoms with Crippen LogP contribution in [0.5, 0.6) is 0 Å². The van der Waals surface area contributed by atoms with Crippen molar-refractivity contribution in [3.05, 3.63) is 24.0 Å². The second kappa shape index (κ2) is 8.09. The van der Waals surface area contributed by atoms with Gasteiger partial charge in [0.25, 0.3) is 0 Å². The van der Waals surface area contributed by atoms with E-state index in [4.69, 9.17) is 0 Å². The minimum absolute atomic E-state index is 0.747. The summed E-state index contributed by atoms with van der Waals surface area (Å²) in [5, 5.41) is 3.40. The fraction of sp³-hybridized carbons (Fsp3) is 0.667. The highest BCUT2D eigenvalue weighted by atomic mass is 15.1. The van der Waals surface area contributed by atoms with Crippen LogP contribution in [0.15, 0.2) is 18.3 Å². The molecule has 0 aliphatic heterocycles. The van der Waals surface area contributed by atoms with Gasteiger partial charge in [-0.2, -0.15) is 0 Å². The second-order valence-electron chi connectivity index (χ2n) is 5.17. The molecule has 102 valence electrons. The number of hydrogen-bond acceptors (Lipinski definition) is 3. The lowest BCUT2D eigenvalue weighted by molar-refractivity contribution is 0.272. The van der Waals surface area contributed by atoms with Crippen LogP contribution in [-0.2, 0) is 6.54 Å². The molecule has 0 aliphatic carbocycles. The molecule has 1 atom stereocenters. The quantitative estimate of drug-likeness (QED) is 0.765. The topological polar surface area (TPSA) is 28.2 Å². The van der Waals surface area contributed by atoms with E-state index in [0.717, 1.165) is 37.7 Å². The lowest BCUT2D eigenvalue weighted by Crippen LogP contribution is -2.24. The molecule has 0 fully saturated rings. The van der Waals surface area contributed by atoms with E-state index in [-0.39, 0.29) is 0 Å². The number of pyridine rings is 1. The van der Waals surface area contributed by atoms with Crippen molar-refractivity contribution in [2.75, 3.05) is 25.5 Å². The Morgan fingerprint density at radius 2 is 2.17 bits per heavy atom. The van der Waals surface area contributed by atoms with Crippen LogP contribution in [0.2, 0.25) is 0 Å². The van der Waals surface area contributed by atoms with Crippen LogP contribution in [0.25, 0.3) is 0 Å². The van der Waals surface area contributed by atoms with Gasteiger partial charge in [0.05, 0.1) is 5.69 Å². The van der Waals surface area contributed by atoms with Gasteiger partial charge in [0.2, 0.25) is 0 Å². The molecule has 1 aromatic rings. The highest BCUT2D eigenvalue weighted by molar-refractivity contribution is 5.43. The Kier molecular flexibility index (Phi) is 6.73. The smallest absolute Gasteiger partial charge is 0.0564 e. The lowest BCUT2D eigenvalue weighted by Gasteiger charge is -2.20. The molecule has 0 saturated carbocycles. The van der Waals surface area contributed by atoms with Gasteiger partial charge in [-0.15, -0.1) is 0 Å². The maximum atomic E-state index is 4.44. The van der Waals surface area contributed by atoms with Gasteiger partial charge in [-0.3, -0.25) is 4.98 Å². The lowest BCUT2D eigenvalue weighted by atomic mass is 10.1. The zero-order valence-corrected chi connectivity index (χ0v) is 12.2. The van der Waals surface area contributed by atoms with E-state index >= 15 is 0 Å². The van der Waals surface area contributed by atoms with E-state index in [1.165, 1.54) is 12.1 Å². The molecule has 3 nitrogen and oxygen atoms in total. The molecule has 18 heavy (non-hydrogen) atoms. The van der Waals surface area contributed by atoms with E-state index in [1.54, 1.807) is 0 Å². The van der Waals surface area contributed by atoms with E-state index in [2.05, 4.69) is 49.1 Å². The Morgan fingerprint density at radius 1 is 1.39 bits per heavy atom. The van der Waals surface area contributed by atoms with Crippen LogP contribution in [-0.4, -0.2) is 30.0 Å². The van der Waals surface area contributed by atoms with Crippen molar-refractivity contribution < 1.29 is 0 Å². The normalized spacial score (nSPS) is 12.7. The van der Waals surface area contributed by atoms with E-state index < -0.39 is 0 Å². The number of hydrogen-bond donors (Lipinski definition) is 1. The molecule has 0 radical (unpaired) electrons. The van der Waals surface area contributed by atoms with Gasteiger partial charge in [0.15, 0.2) is 0 Å². The van der Waals surface area contributed by atoms with Crippen molar-refractivity contribution >= 4 is 5.69 Å². The Morgan fingerprint density at radius 3 is 2.83 bits per heavy atom. The summed E-state index contributed by atoms with van der Waals surface area (Å²) in [6, 6.07) is 4.19. The van der Waals surface area contributed by atoms with Crippen molar-refractivity contribution in [1.82, 2.24) is 9.88 Å². The molecule has 0 spiro atoms. The molecule has 0 aliphatic rings. The fourth-order valence-electron chi connectivity index (χ4n) is 1.95. The van der Waals surface area contributed by atoms with Gasteiger partial charge < -0.3 is 10.2 Å². The van der Waals surface area contributed by atoms with E-state index in [9.17, 15) is 0 Å². The molecule has 0 bridgehead atoms. The molecule has 1 N–H and O–H groups in total. The Hall–Kier alpha value is -1.09. The highest BCUT2D eigenvalue weighted by Crippen LogP contribution is 2.11. The second-order valence-corrected chi connectivity index (χ2v) is 5.17. The summed E-state index contributed by atoms with van der Waals surface area (Å²) < 4.78 is 0. The first-order valence-corrected chi connectivity index (χ1v) is 7.03. The maximum Gasteiger partial charge on any atom is 0.0564 e. The van der Waals surface area contributed by atoms with Crippen LogP contribution < -0.4 is 5.32 Å². The van der Waals surface area contributed by atoms with Crippen LogP contribution in [0, 0.1) is 5.92 Å². The third-order valence-corrected chi connectivity index (χ3v) is 3.15. The number of nitrogens with one attached hydrogen (secondary N) is 1. The van der Waals surface area contributed by atoms with Gasteiger partial charge >= 0.3 is 0 Å². The van der Waals surface area contributed by atoms with Crippen molar-refractivity contribution in [2.45, 2.75) is 40.2 Å². The van der Waals surface area contributed by atoms with E-state index in [1.807, 2.05) is 12.3 Å². The SMILES string of the molecule is CCCNc1ccnc(CN(C)CC(C)CC)c1. The summed E-state index contributed by atoms with van der Waals surface area (Å²) in [7, 11) is 2.17. The highest BCUT2D eigenvalue weighted by Gasteiger charge is 2.06. The fourth-order valence-corrected chi connectivity index (χ4v) is 1.95. The third kappa shape index (κ3) is 5.50. The van der Waals surface area contributed by atoms with Crippen LogP contribution in [0.3, 0.4) is 0 Å². The molecule has 0 aromatic carbocycles. The summed E-state index contributed by atoms with van der Waals surface area (Å²) in [4.78, 5) is 6.79. The van der Waals surface area contributed by atoms with Gasteiger partial charge in [0.1, 0.15) is 0 Å². The van der Waals surface area contributed by atoms with Crippen LogP contribution in [0.4, 0.5) is 5.69 Å². The number of anilines is 1. The zero-order valence-electron chi connectivity index (χ0n) is 12.2. The van der Waals surface area contributed by atoms with Crippen molar-refractivity contribution in [3.8, 4) is 0 Å². The number of rotatable bonds is 8. The first-order chi connectivity index (χ1) is 8.65. The number of aromatic nitrogens is 1. The average molecular weight is 249 g/mol. The molecule has 1 rings (SSSR count). The summed E-state index contributed by atoms with van der Waals surface area (Å²) >= 11 is 0. The summed E-state index contributed by atoms with van der Waals surface area (Å²) in [5.74, 6) is 0.747. The molecule has 1 aromatic heterocycles. The minimum Gasteiger partial charge on any atom is -0.385 e. The van der Waals surface area contributed by atoms with Crippen LogP contribution >= 0.6 is 0 Å². The molecule has 3 heteroatoms. The molecule has 0 saturated heterocycles. The first kappa shape index (κ1) is 15.0. The minimum atomic E-state index is 0.747. The first-order valence-electron chi connectivity index (χ1n) is 7.03. The monoisotopic (exact) mass is 249 g/mol. The maximum absolute atomic E-state index is 4.44. The predicted molar refractivity (Wildman–Crippen MR) is 78.8 cm³/mol. The van der Waals surface area contributed by atoms with Crippen molar-refractivity contribution in [3.63, 3.8) is 0 Å². The zero-order chi connectivity index (χ0) is 13.4. The number of nitrogens with zero attached hydrogens (tertiary/aromatic N) is 2. The molecule has 1 unspecified atom stereocenters. The summed E-state index contributed by atoms with van der Waals surface area (Å²) in [6.45, 7) is 9.78. The Balaban J connectivity index is 2.50. The summed E-state index contributed by atoms with van der Waals surface area (Å²) in [6.07, 6.45) is 4.27. The van der Waals surface area contributed by atoms with Crippen LogP contribution in [0.1, 0.15) is 39.3 Å². The third-order valence-electron chi connectivity index (χ3n) is 3.15. The molecular formula is C15H27N3. The largest absolute Gasteiger partial charge is 0.385 e. The van der Waals surface area contributed by atoms with Gasteiger partial charge in [-0.25, -0.2) is 0 Å². The van der Waals surface area contributed by atoms with Gasteiger partial charge in [0, 0.05) is 31.5 Å².